The average Bonchev–Trinajstić information content (AvgIpc) is 3.13. The molecule has 1 aliphatic heterocycles. The summed E-state index contributed by atoms with van der Waals surface area (Å²) in [7, 11) is 0. The molecule has 0 saturated carbocycles. The van der Waals surface area contributed by atoms with Gasteiger partial charge in [0.1, 0.15) is 5.82 Å². The summed E-state index contributed by atoms with van der Waals surface area (Å²) in [5, 5.41) is 10.2. The molecule has 3 aromatic rings. The van der Waals surface area contributed by atoms with Crippen molar-refractivity contribution < 1.29 is 18.0 Å². The van der Waals surface area contributed by atoms with Gasteiger partial charge in [-0.3, -0.25) is 4.79 Å². The molecule has 1 amide bonds. The summed E-state index contributed by atoms with van der Waals surface area (Å²) in [6, 6.07) is 10.6. The molecule has 2 aromatic carbocycles. The van der Waals surface area contributed by atoms with E-state index in [9.17, 15) is 18.0 Å². The zero-order valence-electron chi connectivity index (χ0n) is 16.2. The molecule has 162 valence electrons. The minimum Gasteiger partial charge on any atom is -0.363 e. The van der Waals surface area contributed by atoms with E-state index < -0.39 is 24.2 Å². The van der Waals surface area contributed by atoms with E-state index in [0.29, 0.717) is 5.02 Å². The van der Waals surface area contributed by atoms with E-state index in [-0.39, 0.29) is 28.6 Å². The van der Waals surface area contributed by atoms with E-state index in [2.05, 4.69) is 15.7 Å². The summed E-state index contributed by atoms with van der Waals surface area (Å²) in [5.41, 5.74) is 1.86. The van der Waals surface area contributed by atoms with E-state index in [1.807, 2.05) is 19.1 Å². The summed E-state index contributed by atoms with van der Waals surface area (Å²) in [6.45, 7) is 1.91. The Bertz CT molecular complexity index is 1130. The van der Waals surface area contributed by atoms with Crippen LogP contribution in [0.15, 0.2) is 48.5 Å². The molecule has 4 rings (SSSR count). The SMILES string of the molecule is Cc1ccc([C@@H]2C[C@@H](C(F)(F)F)n3nc(C(=O)Nc4ccc(Cl)cc4Cl)cc3N2)cc1. The van der Waals surface area contributed by atoms with Gasteiger partial charge in [-0.15, -0.1) is 0 Å². The van der Waals surface area contributed by atoms with Gasteiger partial charge in [0.25, 0.3) is 5.91 Å². The van der Waals surface area contributed by atoms with Gasteiger partial charge in [-0.05, 0) is 30.7 Å². The predicted molar refractivity (Wildman–Crippen MR) is 114 cm³/mol. The van der Waals surface area contributed by atoms with Crippen molar-refractivity contribution in [2.75, 3.05) is 10.6 Å². The number of carbonyl (C=O) groups excluding carboxylic acids is 1. The number of nitrogens with zero attached hydrogens (tertiary/aromatic N) is 2. The Labute approximate surface area is 186 Å². The molecule has 0 radical (unpaired) electrons. The molecule has 0 unspecified atom stereocenters. The summed E-state index contributed by atoms with van der Waals surface area (Å²) in [6.07, 6.45) is -4.77. The average molecular weight is 469 g/mol. The van der Waals surface area contributed by atoms with Crippen LogP contribution in [0.2, 0.25) is 10.0 Å². The number of hydrogen-bond donors (Lipinski definition) is 2. The number of carbonyl (C=O) groups is 1. The molecule has 0 aliphatic carbocycles. The third-order valence-electron chi connectivity index (χ3n) is 5.08. The van der Waals surface area contributed by atoms with Crippen LogP contribution in [0.4, 0.5) is 24.7 Å². The van der Waals surface area contributed by atoms with E-state index >= 15 is 0 Å². The number of hydrogen-bond acceptors (Lipinski definition) is 3. The van der Waals surface area contributed by atoms with Gasteiger partial charge in [0.05, 0.1) is 16.8 Å². The number of nitrogens with one attached hydrogen (secondary N) is 2. The van der Waals surface area contributed by atoms with Gasteiger partial charge in [-0.2, -0.15) is 18.3 Å². The lowest BCUT2D eigenvalue weighted by atomic mass is 9.96. The number of halogens is 5. The highest BCUT2D eigenvalue weighted by atomic mass is 35.5. The molecular weight excluding hydrogens is 452 g/mol. The fourth-order valence-electron chi connectivity index (χ4n) is 3.48. The number of amides is 1. The number of alkyl halides is 3. The summed E-state index contributed by atoms with van der Waals surface area (Å²) in [5.74, 6) is -0.563. The van der Waals surface area contributed by atoms with Crippen LogP contribution in [0.5, 0.6) is 0 Å². The summed E-state index contributed by atoms with van der Waals surface area (Å²) >= 11 is 11.9. The lowest BCUT2D eigenvalue weighted by molar-refractivity contribution is -0.173. The number of anilines is 2. The largest absolute Gasteiger partial charge is 0.410 e. The first-order valence-corrected chi connectivity index (χ1v) is 10.1. The van der Waals surface area contributed by atoms with Crippen molar-refractivity contribution in [1.82, 2.24) is 9.78 Å². The number of aryl methyl sites for hydroxylation is 1. The second-order valence-electron chi connectivity index (χ2n) is 7.34. The fraction of sp³-hybridized carbons (Fsp3) is 0.238. The van der Waals surface area contributed by atoms with Crippen molar-refractivity contribution in [3.05, 3.63) is 75.4 Å². The first-order chi connectivity index (χ1) is 14.6. The van der Waals surface area contributed by atoms with Crippen LogP contribution in [0, 0.1) is 6.92 Å². The normalized spacial score (nSPS) is 18.3. The first-order valence-electron chi connectivity index (χ1n) is 9.37. The number of benzene rings is 2. The third kappa shape index (κ3) is 4.50. The minimum absolute atomic E-state index is 0.117. The van der Waals surface area contributed by atoms with Gasteiger partial charge in [-0.1, -0.05) is 53.0 Å². The van der Waals surface area contributed by atoms with Crippen LogP contribution in [0.25, 0.3) is 0 Å². The second-order valence-corrected chi connectivity index (χ2v) is 8.18. The topological polar surface area (TPSA) is 59.0 Å². The van der Waals surface area contributed by atoms with Crippen molar-refractivity contribution in [1.29, 1.82) is 0 Å². The summed E-state index contributed by atoms with van der Waals surface area (Å²) < 4.78 is 42.2. The molecule has 5 nitrogen and oxygen atoms in total. The maximum absolute atomic E-state index is 13.8. The van der Waals surface area contributed by atoms with E-state index in [1.54, 1.807) is 12.1 Å². The van der Waals surface area contributed by atoms with Gasteiger partial charge in [-0.25, -0.2) is 4.68 Å². The van der Waals surface area contributed by atoms with Crippen molar-refractivity contribution in [3.8, 4) is 0 Å². The van der Waals surface area contributed by atoms with Crippen LogP contribution in [-0.2, 0) is 0 Å². The number of rotatable bonds is 3. The van der Waals surface area contributed by atoms with Crippen LogP contribution >= 0.6 is 23.2 Å². The quantitative estimate of drug-likeness (QED) is 0.466. The zero-order valence-corrected chi connectivity index (χ0v) is 17.7. The number of fused-ring (bicyclic) bond motifs is 1. The Morgan fingerprint density at radius 1 is 1.16 bits per heavy atom. The molecule has 2 N–H and O–H groups in total. The molecule has 0 spiro atoms. The highest BCUT2D eigenvalue weighted by molar-refractivity contribution is 6.36. The molecule has 2 heterocycles. The van der Waals surface area contributed by atoms with Crippen LogP contribution in [0.1, 0.15) is 40.1 Å². The van der Waals surface area contributed by atoms with Gasteiger partial charge in [0.15, 0.2) is 11.7 Å². The Morgan fingerprint density at radius 2 is 1.87 bits per heavy atom. The lowest BCUT2D eigenvalue weighted by Crippen LogP contribution is -2.35. The number of aromatic nitrogens is 2. The molecule has 0 saturated heterocycles. The Hall–Kier alpha value is -2.71. The monoisotopic (exact) mass is 468 g/mol. The Kier molecular flexibility index (Phi) is 5.61. The maximum Gasteiger partial charge on any atom is 0.410 e. The molecule has 0 fully saturated rings. The van der Waals surface area contributed by atoms with Crippen molar-refractivity contribution in [2.24, 2.45) is 0 Å². The molecule has 0 bridgehead atoms. The van der Waals surface area contributed by atoms with Crippen LogP contribution < -0.4 is 10.6 Å². The highest BCUT2D eigenvalue weighted by Crippen LogP contribution is 2.43. The van der Waals surface area contributed by atoms with Gasteiger partial charge < -0.3 is 10.6 Å². The van der Waals surface area contributed by atoms with Gasteiger partial charge in [0, 0.05) is 17.5 Å². The van der Waals surface area contributed by atoms with E-state index in [4.69, 9.17) is 23.2 Å². The van der Waals surface area contributed by atoms with Gasteiger partial charge >= 0.3 is 6.18 Å². The zero-order chi connectivity index (χ0) is 22.3. The molecule has 1 aliphatic rings. The highest BCUT2D eigenvalue weighted by Gasteiger charge is 2.46. The van der Waals surface area contributed by atoms with E-state index in [1.165, 1.54) is 24.3 Å². The molecule has 31 heavy (non-hydrogen) atoms. The first kappa shape index (κ1) is 21.5. The summed E-state index contributed by atoms with van der Waals surface area (Å²) in [4.78, 5) is 12.6. The third-order valence-corrected chi connectivity index (χ3v) is 5.63. The molecule has 2 atom stereocenters. The van der Waals surface area contributed by atoms with Crippen molar-refractivity contribution >= 4 is 40.6 Å². The van der Waals surface area contributed by atoms with Gasteiger partial charge in [0.2, 0.25) is 0 Å². The lowest BCUT2D eigenvalue weighted by Gasteiger charge is -2.33. The standard InChI is InChI=1S/C21H17Cl2F3N4O/c1-11-2-4-12(5-3-11)16-9-18(21(24,25)26)30-19(27-16)10-17(29-30)20(31)28-15-7-6-13(22)8-14(15)23/h2-8,10,16,18,27H,9H2,1H3,(H,28,31)/t16-,18-/m0/s1. The predicted octanol–water partition coefficient (Wildman–Crippen LogP) is 6.41. The van der Waals surface area contributed by atoms with Crippen molar-refractivity contribution in [2.45, 2.75) is 31.6 Å². The van der Waals surface area contributed by atoms with Crippen LogP contribution in [0.3, 0.4) is 0 Å². The molecular formula is C21H17Cl2F3N4O. The van der Waals surface area contributed by atoms with E-state index in [0.717, 1.165) is 15.8 Å². The fourth-order valence-corrected chi connectivity index (χ4v) is 3.93. The van der Waals surface area contributed by atoms with Crippen LogP contribution in [-0.4, -0.2) is 21.9 Å². The smallest absolute Gasteiger partial charge is 0.363 e. The Balaban J connectivity index is 1.64. The van der Waals surface area contributed by atoms with Crippen molar-refractivity contribution in [3.63, 3.8) is 0 Å². The molecule has 1 aromatic heterocycles. The molecule has 10 heteroatoms. The maximum atomic E-state index is 13.8. The Morgan fingerprint density at radius 3 is 2.52 bits per heavy atom. The minimum atomic E-state index is -4.53. The second kappa shape index (κ2) is 8.09.